The van der Waals surface area contributed by atoms with Crippen molar-refractivity contribution in [1.29, 1.82) is 0 Å². The van der Waals surface area contributed by atoms with E-state index in [0.29, 0.717) is 13.1 Å². The molecule has 0 aliphatic carbocycles. The van der Waals surface area contributed by atoms with Crippen LogP contribution < -0.4 is 0 Å². The molecule has 0 radical (unpaired) electrons. The molecule has 6 nitrogen and oxygen atoms in total. The lowest BCUT2D eigenvalue weighted by Crippen LogP contribution is -2.53. The Balaban J connectivity index is 1.82. The number of likely N-dealkylation sites (tertiary alicyclic amines) is 1. The number of hydrogen-bond acceptors (Lipinski definition) is 4. The molecule has 2 rings (SSSR count). The van der Waals surface area contributed by atoms with E-state index in [2.05, 4.69) is 4.90 Å². The van der Waals surface area contributed by atoms with E-state index in [1.807, 2.05) is 4.90 Å². The number of nitrogens with zero attached hydrogens (tertiary/aromatic N) is 3. The molecule has 0 spiro atoms. The predicted molar refractivity (Wildman–Crippen MR) is 79.7 cm³/mol. The van der Waals surface area contributed by atoms with Gasteiger partial charge in [0.05, 0.1) is 12.0 Å². The van der Waals surface area contributed by atoms with Crippen LogP contribution in [0, 0.1) is 5.92 Å². The summed E-state index contributed by atoms with van der Waals surface area (Å²) in [5, 5.41) is 9.41. The number of β-amino-alcohol motifs (C(OH)–C–C–N with tert-alkyl or cyclic N) is 1. The fraction of sp³-hybridized carbons (Fsp3) is 0.867. The molecule has 2 heterocycles. The minimum atomic E-state index is -0.324. The van der Waals surface area contributed by atoms with E-state index in [9.17, 15) is 14.7 Å². The molecule has 2 fully saturated rings. The molecule has 2 saturated heterocycles. The van der Waals surface area contributed by atoms with Gasteiger partial charge in [0.1, 0.15) is 0 Å². The highest BCUT2D eigenvalue weighted by molar-refractivity contribution is 5.81. The van der Waals surface area contributed by atoms with E-state index >= 15 is 0 Å². The van der Waals surface area contributed by atoms with Crippen LogP contribution in [-0.2, 0) is 9.59 Å². The van der Waals surface area contributed by atoms with E-state index in [4.69, 9.17) is 0 Å². The van der Waals surface area contributed by atoms with Crippen LogP contribution in [0.5, 0.6) is 0 Å². The minimum absolute atomic E-state index is 0.0361. The van der Waals surface area contributed by atoms with Gasteiger partial charge < -0.3 is 14.9 Å². The molecule has 6 heteroatoms. The SMILES string of the molecule is CC(=O)N1CCCC(C(=O)N2CCN(CC(C)O)CC2)C1. The summed E-state index contributed by atoms with van der Waals surface area (Å²) in [6.45, 7) is 8.47. The molecule has 2 aliphatic heterocycles. The number of amides is 2. The number of rotatable bonds is 3. The molecular formula is C15H27N3O3. The van der Waals surface area contributed by atoms with Gasteiger partial charge in [0.2, 0.25) is 11.8 Å². The summed E-state index contributed by atoms with van der Waals surface area (Å²) in [6.07, 6.45) is 1.48. The van der Waals surface area contributed by atoms with Crippen LogP contribution >= 0.6 is 0 Å². The molecule has 0 aromatic heterocycles. The summed E-state index contributed by atoms with van der Waals surface area (Å²) in [7, 11) is 0. The largest absolute Gasteiger partial charge is 0.392 e. The van der Waals surface area contributed by atoms with Crippen LogP contribution in [-0.4, -0.2) is 83.5 Å². The van der Waals surface area contributed by atoms with Gasteiger partial charge in [-0.15, -0.1) is 0 Å². The van der Waals surface area contributed by atoms with Crippen LogP contribution in [0.2, 0.25) is 0 Å². The number of hydrogen-bond donors (Lipinski definition) is 1. The molecule has 120 valence electrons. The summed E-state index contributed by atoms with van der Waals surface area (Å²) in [4.78, 5) is 29.9. The van der Waals surface area contributed by atoms with E-state index in [-0.39, 0.29) is 23.8 Å². The Bertz CT molecular complexity index is 378. The van der Waals surface area contributed by atoms with Crippen LogP contribution in [0.4, 0.5) is 0 Å². The molecule has 0 bridgehead atoms. The third-order valence-corrected chi connectivity index (χ3v) is 4.42. The molecular weight excluding hydrogens is 270 g/mol. The van der Waals surface area contributed by atoms with E-state index in [0.717, 1.165) is 45.6 Å². The van der Waals surface area contributed by atoms with Crippen molar-refractivity contribution >= 4 is 11.8 Å². The number of carbonyl (C=O) groups excluding carboxylic acids is 2. The van der Waals surface area contributed by atoms with E-state index in [1.54, 1.807) is 18.7 Å². The van der Waals surface area contributed by atoms with Gasteiger partial charge in [-0.25, -0.2) is 0 Å². The second kappa shape index (κ2) is 7.22. The second-order valence-corrected chi connectivity index (χ2v) is 6.28. The average molecular weight is 297 g/mol. The number of aliphatic hydroxyl groups excluding tert-OH is 1. The first-order chi connectivity index (χ1) is 9.97. The first-order valence-electron chi connectivity index (χ1n) is 7.92. The van der Waals surface area contributed by atoms with Crippen molar-refractivity contribution in [3.63, 3.8) is 0 Å². The maximum atomic E-state index is 12.6. The Hall–Kier alpha value is -1.14. The standard InChI is InChI=1S/C15H27N3O3/c1-12(19)10-16-6-8-17(9-7-16)15(21)14-4-3-5-18(11-14)13(2)20/h12,14,19H,3-11H2,1-2H3. The van der Waals surface area contributed by atoms with Gasteiger partial charge in [0, 0.05) is 52.7 Å². The number of carbonyl (C=O) groups is 2. The molecule has 1 N–H and O–H groups in total. The van der Waals surface area contributed by atoms with Gasteiger partial charge in [0.15, 0.2) is 0 Å². The highest BCUT2D eigenvalue weighted by Gasteiger charge is 2.31. The Morgan fingerprint density at radius 1 is 1.14 bits per heavy atom. The minimum Gasteiger partial charge on any atom is -0.392 e. The van der Waals surface area contributed by atoms with Gasteiger partial charge in [-0.1, -0.05) is 0 Å². The lowest BCUT2D eigenvalue weighted by molar-refractivity contribution is -0.141. The van der Waals surface area contributed by atoms with Crippen LogP contribution in [0.15, 0.2) is 0 Å². The van der Waals surface area contributed by atoms with Gasteiger partial charge in [-0.3, -0.25) is 14.5 Å². The Morgan fingerprint density at radius 3 is 2.38 bits per heavy atom. The monoisotopic (exact) mass is 297 g/mol. The van der Waals surface area contributed by atoms with E-state index < -0.39 is 0 Å². The Kier molecular flexibility index (Phi) is 5.58. The van der Waals surface area contributed by atoms with Crippen molar-refractivity contribution in [3.8, 4) is 0 Å². The zero-order valence-corrected chi connectivity index (χ0v) is 13.1. The number of piperazine rings is 1. The predicted octanol–water partition coefficient (Wildman–Crippen LogP) is -0.230. The second-order valence-electron chi connectivity index (χ2n) is 6.28. The quantitative estimate of drug-likeness (QED) is 0.781. The first-order valence-corrected chi connectivity index (χ1v) is 7.92. The molecule has 2 amide bonds. The summed E-state index contributed by atoms with van der Waals surface area (Å²) >= 11 is 0. The Labute approximate surface area is 126 Å². The van der Waals surface area contributed by atoms with Crippen molar-refractivity contribution in [2.24, 2.45) is 5.92 Å². The fourth-order valence-electron chi connectivity index (χ4n) is 3.25. The third kappa shape index (κ3) is 4.41. The number of piperidine rings is 1. The normalized spacial score (nSPS) is 25.8. The zero-order valence-electron chi connectivity index (χ0n) is 13.1. The molecule has 2 unspecified atom stereocenters. The molecule has 0 aromatic carbocycles. The first kappa shape index (κ1) is 16.2. The Morgan fingerprint density at radius 2 is 1.81 bits per heavy atom. The van der Waals surface area contributed by atoms with Gasteiger partial charge in [-0.05, 0) is 19.8 Å². The lowest BCUT2D eigenvalue weighted by Gasteiger charge is -2.39. The van der Waals surface area contributed by atoms with Crippen LogP contribution in [0.3, 0.4) is 0 Å². The van der Waals surface area contributed by atoms with Gasteiger partial charge in [0.25, 0.3) is 0 Å². The van der Waals surface area contributed by atoms with Crippen LogP contribution in [0.1, 0.15) is 26.7 Å². The highest BCUT2D eigenvalue weighted by Crippen LogP contribution is 2.20. The topological polar surface area (TPSA) is 64.1 Å². The maximum absolute atomic E-state index is 12.6. The lowest BCUT2D eigenvalue weighted by atomic mass is 9.96. The van der Waals surface area contributed by atoms with Crippen molar-refractivity contribution in [3.05, 3.63) is 0 Å². The summed E-state index contributed by atoms with van der Waals surface area (Å²) < 4.78 is 0. The summed E-state index contributed by atoms with van der Waals surface area (Å²) in [6, 6.07) is 0. The van der Waals surface area contributed by atoms with Crippen molar-refractivity contribution in [2.45, 2.75) is 32.8 Å². The van der Waals surface area contributed by atoms with Crippen molar-refractivity contribution in [2.75, 3.05) is 45.8 Å². The molecule has 2 atom stereocenters. The summed E-state index contributed by atoms with van der Waals surface area (Å²) in [5.41, 5.74) is 0. The van der Waals surface area contributed by atoms with Crippen molar-refractivity contribution < 1.29 is 14.7 Å². The average Bonchev–Trinajstić information content (AvgIpc) is 2.47. The van der Waals surface area contributed by atoms with Gasteiger partial charge >= 0.3 is 0 Å². The maximum Gasteiger partial charge on any atom is 0.227 e. The van der Waals surface area contributed by atoms with Gasteiger partial charge in [-0.2, -0.15) is 0 Å². The third-order valence-electron chi connectivity index (χ3n) is 4.42. The van der Waals surface area contributed by atoms with E-state index in [1.165, 1.54) is 0 Å². The fourth-order valence-corrected chi connectivity index (χ4v) is 3.25. The zero-order chi connectivity index (χ0) is 15.4. The van der Waals surface area contributed by atoms with Crippen LogP contribution in [0.25, 0.3) is 0 Å². The molecule has 2 aliphatic rings. The summed E-state index contributed by atoms with van der Waals surface area (Å²) in [5.74, 6) is 0.220. The smallest absolute Gasteiger partial charge is 0.227 e. The molecule has 0 saturated carbocycles. The van der Waals surface area contributed by atoms with Crippen molar-refractivity contribution in [1.82, 2.24) is 14.7 Å². The molecule has 21 heavy (non-hydrogen) atoms. The molecule has 0 aromatic rings. The number of aliphatic hydroxyl groups is 1. The highest BCUT2D eigenvalue weighted by atomic mass is 16.3.